The summed E-state index contributed by atoms with van der Waals surface area (Å²) in [5, 5.41) is 46.6. The average molecular weight is 583 g/mol. The van der Waals surface area contributed by atoms with Crippen LogP contribution in [-0.2, 0) is 20.8 Å². The fourth-order valence-corrected chi connectivity index (χ4v) is 6.14. The molecule has 0 heterocycles. The number of nitrogens with zero attached hydrogens (tertiary/aromatic N) is 2. The summed E-state index contributed by atoms with van der Waals surface area (Å²) in [6.07, 6.45) is -4.94. The van der Waals surface area contributed by atoms with Crippen molar-refractivity contribution < 1.29 is 52.8 Å². The molecule has 0 aliphatic heterocycles. The maximum atomic E-state index is 13.9. The highest BCUT2D eigenvalue weighted by molar-refractivity contribution is 6.24. The van der Waals surface area contributed by atoms with Crippen molar-refractivity contribution in [2.45, 2.75) is 30.7 Å². The number of hydrogen-bond donors (Lipinski definition) is 6. The number of carbonyl (C=O) groups is 4. The molecule has 3 aliphatic rings. The molecule has 1 aromatic carbocycles. The summed E-state index contributed by atoms with van der Waals surface area (Å²) in [6, 6.07) is -0.103. The van der Waals surface area contributed by atoms with E-state index in [9.17, 15) is 52.8 Å². The first kappa shape index (κ1) is 29.9. The van der Waals surface area contributed by atoms with Crippen LogP contribution in [0.2, 0.25) is 0 Å². The largest absolute Gasteiger partial charge is 0.508 e. The van der Waals surface area contributed by atoms with Crippen molar-refractivity contribution in [3.05, 3.63) is 39.7 Å². The summed E-state index contributed by atoms with van der Waals surface area (Å²) in [7, 11) is 6.06. The van der Waals surface area contributed by atoms with Gasteiger partial charge in [-0.25, -0.2) is 0 Å². The van der Waals surface area contributed by atoms with Crippen LogP contribution in [0.15, 0.2) is 23.0 Å². The first-order valence-corrected chi connectivity index (χ1v) is 12.4. The average Bonchev–Trinajstić information content (AvgIpc) is 2.83. The smallest absolute Gasteiger partial charge is 0.405 e. The van der Waals surface area contributed by atoms with E-state index in [1.165, 1.54) is 23.9 Å². The molecule has 0 aromatic heterocycles. The molecule has 3 aliphatic carbocycles. The van der Waals surface area contributed by atoms with Gasteiger partial charge in [-0.2, -0.15) is 13.2 Å². The van der Waals surface area contributed by atoms with Gasteiger partial charge in [0.05, 0.1) is 17.2 Å². The Morgan fingerprint density at radius 1 is 1.15 bits per heavy atom. The van der Waals surface area contributed by atoms with E-state index in [0.717, 1.165) is 6.07 Å². The van der Waals surface area contributed by atoms with Gasteiger partial charge in [-0.1, -0.05) is 0 Å². The second-order valence-electron chi connectivity index (χ2n) is 10.8. The number of anilines is 1. The van der Waals surface area contributed by atoms with E-state index in [4.69, 9.17) is 5.73 Å². The molecule has 4 atom stereocenters. The summed E-state index contributed by atoms with van der Waals surface area (Å²) in [6.45, 7) is -1.69. The minimum Gasteiger partial charge on any atom is -0.508 e. The highest BCUT2D eigenvalue weighted by Crippen LogP contribution is 2.54. The van der Waals surface area contributed by atoms with E-state index >= 15 is 0 Å². The number of primary amides is 1. The number of benzene rings is 1. The molecular formula is C26H29F3N4O8. The number of aliphatic hydroxyl groups is 3. The zero-order valence-corrected chi connectivity index (χ0v) is 22.5. The molecule has 2 amide bonds. The van der Waals surface area contributed by atoms with Gasteiger partial charge >= 0.3 is 6.18 Å². The highest BCUT2D eigenvalue weighted by atomic mass is 19.4. The summed E-state index contributed by atoms with van der Waals surface area (Å²) in [5.41, 5.74) is 0.496. The number of alkyl halides is 3. The van der Waals surface area contributed by atoms with E-state index < -0.39 is 99.1 Å². The molecule has 1 fully saturated rings. The lowest BCUT2D eigenvalue weighted by atomic mass is 9.57. The van der Waals surface area contributed by atoms with Crippen molar-refractivity contribution in [3.8, 4) is 5.75 Å². The van der Waals surface area contributed by atoms with Crippen LogP contribution in [0.1, 0.15) is 27.9 Å². The lowest BCUT2D eigenvalue weighted by molar-refractivity contribution is -0.153. The number of Topliss-reactive ketones (excluding diaryl/α,β-unsaturated/α-hetero) is 2. The number of fused-ring (bicyclic) bond motifs is 3. The topological polar surface area (TPSA) is 194 Å². The molecule has 41 heavy (non-hydrogen) atoms. The van der Waals surface area contributed by atoms with Gasteiger partial charge in [0.15, 0.2) is 11.4 Å². The molecule has 0 saturated heterocycles. The van der Waals surface area contributed by atoms with Gasteiger partial charge in [0.1, 0.15) is 29.4 Å². The summed E-state index contributed by atoms with van der Waals surface area (Å²) < 4.78 is 38.1. The van der Waals surface area contributed by atoms with Crippen LogP contribution in [0.25, 0.3) is 5.76 Å². The van der Waals surface area contributed by atoms with E-state index in [2.05, 4.69) is 0 Å². The van der Waals surface area contributed by atoms with Crippen molar-refractivity contribution in [2.24, 2.45) is 17.6 Å². The third-order valence-corrected chi connectivity index (χ3v) is 7.87. The van der Waals surface area contributed by atoms with Gasteiger partial charge in [0.2, 0.25) is 5.78 Å². The Labute approximate surface area is 231 Å². The van der Waals surface area contributed by atoms with Crippen LogP contribution in [0, 0.1) is 11.8 Å². The van der Waals surface area contributed by atoms with Gasteiger partial charge < -0.3 is 36.4 Å². The molecule has 7 N–H and O–H groups in total. The van der Waals surface area contributed by atoms with Gasteiger partial charge in [0, 0.05) is 31.3 Å². The Kier molecular flexibility index (Phi) is 7.11. The molecule has 0 spiro atoms. The second-order valence-corrected chi connectivity index (χ2v) is 10.8. The van der Waals surface area contributed by atoms with Crippen molar-refractivity contribution >= 4 is 34.8 Å². The lowest BCUT2D eigenvalue weighted by Crippen LogP contribution is -2.65. The molecule has 12 nitrogen and oxygen atoms in total. The monoisotopic (exact) mass is 582 g/mol. The number of phenols is 1. The number of likely N-dealkylation sites (N-methyl/N-ethyl adjacent to an activating group) is 1. The minimum atomic E-state index is -4.74. The van der Waals surface area contributed by atoms with Gasteiger partial charge in [-0.15, -0.1) is 0 Å². The molecule has 4 rings (SSSR count). The number of aliphatic hydroxyl groups excluding tert-OH is 2. The summed E-state index contributed by atoms with van der Waals surface area (Å²) in [4.78, 5) is 54.6. The van der Waals surface area contributed by atoms with Crippen LogP contribution in [0.5, 0.6) is 5.75 Å². The summed E-state index contributed by atoms with van der Waals surface area (Å²) >= 11 is 0. The first-order chi connectivity index (χ1) is 18.8. The molecule has 15 heteroatoms. The third-order valence-electron chi connectivity index (χ3n) is 7.87. The van der Waals surface area contributed by atoms with Crippen molar-refractivity contribution in [3.63, 3.8) is 0 Å². The molecule has 0 radical (unpaired) electrons. The Bertz CT molecular complexity index is 1450. The Hall–Kier alpha value is -4.11. The molecule has 0 bridgehead atoms. The Balaban J connectivity index is 1.95. The van der Waals surface area contributed by atoms with Gasteiger partial charge in [-0.05, 0) is 44.5 Å². The van der Waals surface area contributed by atoms with Gasteiger partial charge in [-0.3, -0.25) is 24.1 Å². The fourth-order valence-electron chi connectivity index (χ4n) is 6.14. The predicted octanol–water partition coefficient (Wildman–Crippen LogP) is 0.322. The number of rotatable bonds is 5. The standard InChI is InChI=1S/C26H29F3N4O8/c1-32(2)13-7-11(24(40)31-8-25(27,28)29)18(34)15-10(13)5-9-6-12-17(33(3)4)20(36)16(23(30)39)22(38)26(12,41)21(37)14(9)19(15)35/h7,9,12,17,34-35,38,41H,5-6,8H2,1-4H3,(H2,30,39)(H,31,40)/t9-,12-,17-,26-/m0/s1. The zero-order chi connectivity index (χ0) is 30.9. The lowest BCUT2D eigenvalue weighted by Gasteiger charge is -2.50. The maximum absolute atomic E-state index is 13.9. The quantitative estimate of drug-likeness (QED) is 0.263. The number of carbonyl (C=O) groups excluding carboxylic acids is 4. The van der Waals surface area contributed by atoms with E-state index in [-0.39, 0.29) is 24.1 Å². The molecule has 1 saturated carbocycles. The molecular weight excluding hydrogens is 553 g/mol. The minimum absolute atomic E-state index is 0.0555. The normalized spacial score (nSPS) is 26.0. The molecule has 222 valence electrons. The zero-order valence-electron chi connectivity index (χ0n) is 22.5. The number of nitrogens with one attached hydrogen (secondary N) is 1. The van der Waals surface area contributed by atoms with E-state index in [1.807, 2.05) is 0 Å². The first-order valence-electron chi connectivity index (χ1n) is 12.4. The van der Waals surface area contributed by atoms with Crippen LogP contribution < -0.4 is 16.0 Å². The van der Waals surface area contributed by atoms with Crippen LogP contribution in [0.3, 0.4) is 0 Å². The number of hydrogen-bond acceptors (Lipinski definition) is 10. The summed E-state index contributed by atoms with van der Waals surface area (Å²) in [5.74, 6) is -9.99. The number of ketones is 2. The number of phenolic OH excluding ortho intramolecular Hbond substituents is 1. The second kappa shape index (κ2) is 9.76. The van der Waals surface area contributed by atoms with E-state index in [0.29, 0.717) is 0 Å². The Morgan fingerprint density at radius 2 is 1.76 bits per heavy atom. The third kappa shape index (κ3) is 4.48. The van der Waals surface area contributed by atoms with E-state index in [1.54, 1.807) is 19.4 Å². The number of aromatic hydroxyl groups is 1. The highest BCUT2D eigenvalue weighted by Gasteiger charge is 2.64. The molecule has 0 unspecified atom stereocenters. The number of amides is 2. The molecule has 1 aromatic rings. The number of nitrogens with two attached hydrogens (primary N) is 1. The van der Waals surface area contributed by atoms with Crippen molar-refractivity contribution in [1.82, 2.24) is 10.2 Å². The van der Waals surface area contributed by atoms with Crippen LogP contribution in [0.4, 0.5) is 18.9 Å². The van der Waals surface area contributed by atoms with Gasteiger partial charge in [0.25, 0.3) is 11.8 Å². The van der Waals surface area contributed by atoms with Crippen molar-refractivity contribution in [2.75, 3.05) is 39.6 Å². The van der Waals surface area contributed by atoms with Crippen molar-refractivity contribution in [1.29, 1.82) is 0 Å². The van der Waals surface area contributed by atoms with Crippen LogP contribution in [-0.4, -0.2) is 101 Å². The maximum Gasteiger partial charge on any atom is 0.405 e. The fraction of sp³-hybridized carbons (Fsp3) is 0.462. The predicted molar refractivity (Wildman–Crippen MR) is 137 cm³/mol. The number of halogens is 3. The SMILES string of the molecule is CN(C)c1cc(C(=O)NCC(F)(F)F)c(O)c2c1C[C@H]1C[C@H]3[C@H](N(C)C)C(=O)C(C(N)=O)=C(O)[C@@]3(O)C(=O)C1=C2O. The Morgan fingerprint density at radius 3 is 2.27 bits per heavy atom. The van der Waals surface area contributed by atoms with Crippen LogP contribution >= 0.6 is 0 Å².